The fourth-order valence-corrected chi connectivity index (χ4v) is 3.77. The average Bonchev–Trinajstić information content (AvgIpc) is 3.37. The molecule has 0 bridgehead atoms. The van der Waals surface area contributed by atoms with E-state index in [1.54, 1.807) is 15.6 Å². The highest BCUT2D eigenvalue weighted by Gasteiger charge is 2.30. The third kappa shape index (κ3) is 3.60. The summed E-state index contributed by atoms with van der Waals surface area (Å²) in [5, 5.41) is 10.9. The molecule has 1 amide bonds. The van der Waals surface area contributed by atoms with Crippen molar-refractivity contribution in [3.05, 3.63) is 59.3 Å². The maximum absolute atomic E-state index is 12.7. The molecule has 3 aromatic rings. The zero-order valence-corrected chi connectivity index (χ0v) is 15.7. The molecule has 146 valence electrons. The van der Waals surface area contributed by atoms with Gasteiger partial charge in [0.15, 0.2) is 0 Å². The third-order valence-corrected chi connectivity index (χ3v) is 5.23. The molecular formula is C19H23N7O2. The Morgan fingerprint density at radius 1 is 1.25 bits per heavy atom. The summed E-state index contributed by atoms with van der Waals surface area (Å²) in [6, 6.07) is 9.50. The Hall–Kier alpha value is -3.23. The molecule has 2 aromatic heterocycles. The van der Waals surface area contributed by atoms with Crippen LogP contribution in [0, 0.1) is 5.92 Å². The molecule has 0 radical (unpaired) electrons. The van der Waals surface area contributed by atoms with Gasteiger partial charge >= 0.3 is 5.69 Å². The fraction of sp³-hybridized carbons (Fsp3) is 0.421. The molecular weight excluding hydrogens is 358 g/mol. The second kappa shape index (κ2) is 7.79. The first-order chi connectivity index (χ1) is 13.6. The largest absolute Gasteiger partial charge is 0.347 e. The predicted molar refractivity (Wildman–Crippen MR) is 102 cm³/mol. The van der Waals surface area contributed by atoms with Gasteiger partial charge in [0.2, 0.25) is 5.91 Å². The van der Waals surface area contributed by atoms with E-state index in [4.69, 9.17) is 0 Å². The molecule has 3 heterocycles. The van der Waals surface area contributed by atoms with Crippen molar-refractivity contribution < 1.29 is 4.79 Å². The van der Waals surface area contributed by atoms with E-state index < -0.39 is 0 Å². The van der Waals surface area contributed by atoms with Crippen LogP contribution in [0.4, 0.5) is 0 Å². The number of carbonyl (C=O) groups is 1. The molecule has 1 N–H and O–H groups in total. The monoisotopic (exact) mass is 381 g/mol. The molecule has 0 unspecified atom stereocenters. The van der Waals surface area contributed by atoms with Crippen molar-refractivity contribution in [3.8, 4) is 5.69 Å². The van der Waals surface area contributed by atoms with Gasteiger partial charge in [-0.3, -0.25) is 9.48 Å². The normalized spacial score (nSPS) is 16.2. The Bertz CT molecular complexity index is 969. The lowest BCUT2D eigenvalue weighted by Crippen LogP contribution is -2.42. The van der Waals surface area contributed by atoms with Crippen molar-refractivity contribution in [2.75, 3.05) is 13.1 Å². The molecule has 0 aliphatic carbocycles. The standard InChI is InChI=1S/C19H23N7O2/c1-14(11-25-13-20-12-21-25)18(27)24-9-7-15(8-10-24)17-22-23-19(28)26(17)16-5-3-2-4-6-16/h2-6,12-15H,7-11H2,1H3,(H,23,28)/t14-/m1/s1. The van der Waals surface area contributed by atoms with Crippen LogP contribution in [0.3, 0.4) is 0 Å². The van der Waals surface area contributed by atoms with E-state index in [0.29, 0.717) is 19.6 Å². The number of rotatable bonds is 5. The first kappa shape index (κ1) is 18.1. The van der Waals surface area contributed by atoms with Crippen molar-refractivity contribution in [1.82, 2.24) is 34.4 Å². The first-order valence-electron chi connectivity index (χ1n) is 9.47. The number of hydrogen-bond acceptors (Lipinski definition) is 5. The van der Waals surface area contributed by atoms with E-state index in [-0.39, 0.29) is 23.4 Å². The highest BCUT2D eigenvalue weighted by molar-refractivity contribution is 5.78. The highest BCUT2D eigenvalue weighted by Crippen LogP contribution is 2.28. The van der Waals surface area contributed by atoms with Crippen LogP contribution < -0.4 is 5.69 Å². The van der Waals surface area contributed by atoms with Gasteiger partial charge in [0, 0.05) is 19.0 Å². The van der Waals surface area contributed by atoms with Crippen LogP contribution in [0.5, 0.6) is 0 Å². The fourth-order valence-electron chi connectivity index (χ4n) is 3.77. The van der Waals surface area contributed by atoms with Gasteiger partial charge in [-0.15, -0.1) is 0 Å². The zero-order chi connectivity index (χ0) is 19.5. The molecule has 4 rings (SSSR count). The maximum Gasteiger partial charge on any atom is 0.347 e. The Kier molecular flexibility index (Phi) is 5.05. The third-order valence-electron chi connectivity index (χ3n) is 5.23. The van der Waals surface area contributed by atoms with Crippen LogP contribution in [0.15, 0.2) is 47.8 Å². The number of para-hydroxylation sites is 1. The van der Waals surface area contributed by atoms with E-state index in [1.807, 2.05) is 42.2 Å². The smallest absolute Gasteiger partial charge is 0.342 e. The van der Waals surface area contributed by atoms with Gasteiger partial charge in [-0.05, 0) is 25.0 Å². The van der Waals surface area contributed by atoms with Crippen molar-refractivity contribution in [2.24, 2.45) is 5.92 Å². The summed E-state index contributed by atoms with van der Waals surface area (Å²) in [5.74, 6) is 0.829. The van der Waals surface area contributed by atoms with Crippen LogP contribution in [0.2, 0.25) is 0 Å². The second-order valence-electron chi connectivity index (χ2n) is 7.18. The van der Waals surface area contributed by atoms with Gasteiger partial charge in [0.05, 0.1) is 18.2 Å². The molecule has 9 nitrogen and oxygen atoms in total. The van der Waals surface area contributed by atoms with E-state index in [2.05, 4.69) is 20.3 Å². The van der Waals surface area contributed by atoms with Crippen molar-refractivity contribution in [2.45, 2.75) is 32.2 Å². The van der Waals surface area contributed by atoms with Crippen LogP contribution >= 0.6 is 0 Å². The number of nitrogens with one attached hydrogen (secondary N) is 1. The lowest BCUT2D eigenvalue weighted by molar-refractivity contribution is -0.136. The molecule has 1 aromatic carbocycles. The summed E-state index contributed by atoms with van der Waals surface area (Å²) in [6.45, 7) is 3.74. The summed E-state index contributed by atoms with van der Waals surface area (Å²) in [4.78, 5) is 30.8. The molecule has 1 aliphatic rings. The molecule has 9 heteroatoms. The summed E-state index contributed by atoms with van der Waals surface area (Å²) in [5.41, 5.74) is 0.567. The van der Waals surface area contributed by atoms with Gasteiger partial charge in [0.25, 0.3) is 0 Å². The number of nitrogens with zero attached hydrogens (tertiary/aromatic N) is 6. The molecule has 0 saturated carbocycles. The zero-order valence-electron chi connectivity index (χ0n) is 15.7. The van der Waals surface area contributed by atoms with Crippen molar-refractivity contribution in [3.63, 3.8) is 0 Å². The number of aromatic nitrogens is 6. The minimum absolute atomic E-state index is 0.122. The SMILES string of the molecule is C[C@H](Cn1cncn1)C(=O)N1CCC(c2n[nH]c(=O)n2-c2ccccc2)CC1. The molecule has 1 fully saturated rings. The van der Waals surface area contributed by atoms with Crippen LogP contribution in [0.1, 0.15) is 31.5 Å². The quantitative estimate of drug-likeness (QED) is 0.715. The molecule has 1 saturated heterocycles. The maximum atomic E-state index is 12.7. The Balaban J connectivity index is 1.42. The lowest BCUT2D eigenvalue weighted by atomic mass is 9.94. The summed E-state index contributed by atoms with van der Waals surface area (Å²) < 4.78 is 3.31. The number of benzene rings is 1. The number of hydrogen-bond donors (Lipinski definition) is 1. The topological polar surface area (TPSA) is 102 Å². The van der Waals surface area contributed by atoms with Crippen LogP contribution in [0.25, 0.3) is 5.69 Å². The van der Waals surface area contributed by atoms with E-state index >= 15 is 0 Å². The number of aromatic amines is 1. The molecule has 28 heavy (non-hydrogen) atoms. The minimum Gasteiger partial charge on any atom is -0.342 e. The summed E-state index contributed by atoms with van der Waals surface area (Å²) in [7, 11) is 0. The number of likely N-dealkylation sites (tertiary alicyclic amines) is 1. The Labute approximate surface area is 162 Å². The van der Waals surface area contributed by atoms with Crippen LogP contribution in [-0.2, 0) is 11.3 Å². The highest BCUT2D eigenvalue weighted by atomic mass is 16.2. The number of carbonyl (C=O) groups excluding carboxylic acids is 1. The van der Waals surface area contributed by atoms with E-state index in [9.17, 15) is 9.59 Å². The van der Waals surface area contributed by atoms with Gasteiger partial charge in [-0.25, -0.2) is 19.4 Å². The first-order valence-corrected chi connectivity index (χ1v) is 9.47. The van der Waals surface area contributed by atoms with Gasteiger partial charge in [0.1, 0.15) is 18.5 Å². The molecule has 0 spiro atoms. The van der Waals surface area contributed by atoms with E-state index in [0.717, 1.165) is 24.4 Å². The van der Waals surface area contributed by atoms with E-state index in [1.165, 1.54) is 6.33 Å². The lowest BCUT2D eigenvalue weighted by Gasteiger charge is -2.33. The van der Waals surface area contributed by atoms with Crippen LogP contribution in [-0.4, -0.2) is 53.4 Å². The Morgan fingerprint density at radius 2 is 2.00 bits per heavy atom. The number of piperidine rings is 1. The number of amides is 1. The average molecular weight is 381 g/mol. The number of H-pyrrole nitrogens is 1. The second-order valence-corrected chi connectivity index (χ2v) is 7.18. The van der Waals surface area contributed by atoms with Crippen molar-refractivity contribution >= 4 is 5.91 Å². The molecule has 1 aliphatic heterocycles. The minimum atomic E-state index is -0.235. The predicted octanol–water partition coefficient (Wildman–Crippen LogP) is 1.19. The van der Waals surface area contributed by atoms with Gasteiger partial charge < -0.3 is 4.90 Å². The summed E-state index contributed by atoms with van der Waals surface area (Å²) in [6.07, 6.45) is 4.65. The Morgan fingerprint density at radius 3 is 2.68 bits per heavy atom. The molecule has 1 atom stereocenters. The summed E-state index contributed by atoms with van der Waals surface area (Å²) >= 11 is 0. The van der Waals surface area contributed by atoms with Crippen molar-refractivity contribution in [1.29, 1.82) is 0 Å². The van der Waals surface area contributed by atoms with Gasteiger partial charge in [-0.1, -0.05) is 25.1 Å². The van der Waals surface area contributed by atoms with Gasteiger partial charge in [-0.2, -0.15) is 10.2 Å².